The van der Waals surface area contributed by atoms with Gasteiger partial charge < -0.3 is 14.4 Å². The van der Waals surface area contributed by atoms with E-state index < -0.39 is 0 Å². The van der Waals surface area contributed by atoms with E-state index >= 15 is 0 Å². The molecule has 0 atom stereocenters. The van der Waals surface area contributed by atoms with E-state index in [1.54, 1.807) is 0 Å². The van der Waals surface area contributed by atoms with Gasteiger partial charge in [-0.3, -0.25) is 0 Å². The molecule has 0 aliphatic carbocycles. The minimum absolute atomic E-state index is 0.364. The smallest absolute Gasteiger partial charge is 0.231 e. The molecule has 0 aromatic heterocycles. The van der Waals surface area contributed by atoms with Crippen molar-refractivity contribution in [3.8, 4) is 11.5 Å². The molecule has 0 amide bonds. The van der Waals surface area contributed by atoms with Gasteiger partial charge in [0.05, 0.1) is 0 Å². The van der Waals surface area contributed by atoms with E-state index in [1.807, 2.05) is 6.07 Å². The molecule has 2 aliphatic heterocycles. The molecule has 2 aliphatic rings. The van der Waals surface area contributed by atoms with E-state index in [9.17, 15) is 0 Å². The number of ether oxygens (including phenoxy) is 2. The maximum atomic E-state index is 5.35. The second-order valence-electron chi connectivity index (χ2n) is 4.03. The average Bonchev–Trinajstić information content (AvgIpc) is 2.59. The minimum atomic E-state index is 0.364. The van der Waals surface area contributed by atoms with E-state index in [1.165, 1.54) is 5.56 Å². The minimum Gasteiger partial charge on any atom is -0.454 e. The summed E-state index contributed by atoms with van der Waals surface area (Å²) in [6.07, 6.45) is 0. The Hall–Kier alpha value is -1.22. The lowest BCUT2D eigenvalue weighted by molar-refractivity contribution is 0.173. The van der Waals surface area contributed by atoms with Gasteiger partial charge in [0, 0.05) is 19.0 Å². The summed E-state index contributed by atoms with van der Waals surface area (Å²) in [5, 5.41) is 0. The molecule has 0 N–H and O–H groups in total. The highest BCUT2D eigenvalue weighted by Crippen LogP contribution is 2.36. The number of fused-ring (bicyclic) bond motifs is 1. The monoisotopic (exact) mass is 191 g/mol. The molecule has 14 heavy (non-hydrogen) atoms. The molecule has 3 heteroatoms. The summed E-state index contributed by atoms with van der Waals surface area (Å²) in [5.41, 5.74) is 1.37. The first-order valence-electron chi connectivity index (χ1n) is 4.91. The molecule has 0 spiro atoms. The molecule has 1 aromatic carbocycles. The summed E-state index contributed by atoms with van der Waals surface area (Å²) < 4.78 is 10.6. The van der Waals surface area contributed by atoms with Gasteiger partial charge in [-0.2, -0.15) is 0 Å². The Labute approximate surface area is 83.2 Å². The summed E-state index contributed by atoms with van der Waals surface area (Å²) in [6, 6.07) is 6.27. The van der Waals surface area contributed by atoms with Crippen LogP contribution in [0.5, 0.6) is 11.5 Å². The number of hydrogen-bond donors (Lipinski definition) is 0. The molecule has 0 radical (unpaired) electrons. The molecule has 0 unspecified atom stereocenters. The fourth-order valence-corrected chi connectivity index (χ4v) is 2.08. The van der Waals surface area contributed by atoms with Gasteiger partial charge in [0.25, 0.3) is 0 Å². The van der Waals surface area contributed by atoms with E-state index in [-0.39, 0.29) is 0 Å². The van der Waals surface area contributed by atoms with E-state index in [0.29, 0.717) is 12.7 Å². The molecule has 0 bridgehead atoms. The Morgan fingerprint density at radius 2 is 2.00 bits per heavy atom. The van der Waals surface area contributed by atoms with Crippen LogP contribution in [-0.2, 0) is 0 Å². The van der Waals surface area contributed by atoms with Crippen molar-refractivity contribution in [2.75, 3.05) is 26.9 Å². The summed E-state index contributed by atoms with van der Waals surface area (Å²) in [6.45, 7) is 2.67. The van der Waals surface area contributed by atoms with Crippen molar-refractivity contribution in [1.82, 2.24) is 4.90 Å². The molecule has 3 nitrogen and oxygen atoms in total. The Morgan fingerprint density at radius 1 is 1.21 bits per heavy atom. The Bertz CT molecular complexity index is 358. The number of benzene rings is 1. The molecule has 1 fully saturated rings. The fourth-order valence-electron chi connectivity index (χ4n) is 2.08. The molecule has 0 saturated carbocycles. The van der Waals surface area contributed by atoms with Gasteiger partial charge in [0.2, 0.25) is 6.79 Å². The molecular formula is C11H13NO2. The maximum Gasteiger partial charge on any atom is 0.231 e. The van der Waals surface area contributed by atoms with Gasteiger partial charge in [0.15, 0.2) is 11.5 Å². The van der Waals surface area contributed by atoms with Crippen LogP contribution in [0, 0.1) is 0 Å². The number of likely N-dealkylation sites (N-methyl/N-ethyl adjacent to an activating group) is 1. The second kappa shape index (κ2) is 2.89. The average molecular weight is 191 g/mol. The SMILES string of the molecule is CN1CC(c2ccc3c(c2)OCO3)C1. The van der Waals surface area contributed by atoms with Gasteiger partial charge in [-0.05, 0) is 24.7 Å². The van der Waals surface area contributed by atoms with Crippen LogP contribution in [-0.4, -0.2) is 31.8 Å². The highest BCUT2D eigenvalue weighted by atomic mass is 16.7. The topological polar surface area (TPSA) is 21.7 Å². The lowest BCUT2D eigenvalue weighted by atomic mass is 9.92. The van der Waals surface area contributed by atoms with Crippen LogP contribution < -0.4 is 9.47 Å². The van der Waals surface area contributed by atoms with Crippen molar-refractivity contribution >= 4 is 0 Å². The number of rotatable bonds is 1. The standard InChI is InChI=1S/C11H13NO2/c1-12-5-9(6-12)8-2-3-10-11(4-8)14-7-13-10/h2-4,9H,5-7H2,1H3. The van der Waals surface area contributed by atoms with Gasteiger partial charge in [-0.15, -0.1) is 0 Å². The maximum absolute atomic E-state index is 5.35. The van der Waals surface area contributed by atoms with Gasteiger partial charge in [-0.1, -0.05) is 6.07 Å². The number of hydrogen-bond acceptors (Lipinski definition) is 3. The van der Waals surface area contributed by atoms with Crippen LogP contribution >= 0.6 is 0 Å². The summed E-state index contributed by atoms with van der Waals surface area (Å²) in [4.78, 5) is 2.31. The zero-order valence-electron chi connectivity index (χ0n) is 8.19. The van der Waals surface area contributed by atoms with Crippen LogP contribution in [0.1, 0.15) is 11.5 Å². The van der Waals surface area contributed by atoms with E-state index in [2.05, 4.69) is 24.1 Å². The van der Waals surface area contributed by atoms with Gasteiger partial charge >= 0.3 is 0 Å². The third-order valence-corrected chi connectivity index (χ3v) is 2.93. The van der Waals surface area contributed by atoms with Crippen LogP contribution in [0.15, 0.2) is 18.2 Å². The third-order valence-electron chi connectivity index (χ3n) is 2.93. The quantitative estimate of drug-likeness (QED) is 0.670. The third kappa shape index (κ3) is 1.16. The zero-order valence-corrected chi connectivity index (χ0v) is 8.19. The summed E-state index contributed by atoms with van der Waals surface area (Å²) in [7, 11) is 2.14. The fraction of sp³-hybridized carbons (Fsp3) is 0.455. The van der Waals surface area contributed by atoms with Crippen molar-refractivity contribution in [2.45, 2.75) is 5.92 Å². The molecule has 2 heterocycles. The lowest BCUT2D eigenvalue weighted by Gasteiger charge is -2.36. The molecule has 1 saturated heterocycles. The van der Waals surface area contributed by atoms with Crippen molar-refractivity contribution < 1.29 is 9.47 Å². The highest BCUT2D eigenvalue weighted by Gasteiger charge is 2.26. The molecule has 1 aromatic rings. The van der Waals surface area contributed by atoms with Crippen molar-refractivity contribution in [3.05, 3.63) is 23.8 Å². The van der Waals surface area contributed by atoms with Crippen LogP contribution in [0.4, 0.5) is 0 Å². The second-order valence-corrected chi connectivity index (χ2v) is 4.03. The Balaban J connectivity index is 1.86. The summed E-state index contributed by atoms with van der Waals surface area (Å²) >= 11 is 0. The van der Waals surface area contributed by atoms with Crippen LogP contribution in [0.3, 0.4) is 0 Å². The van der Waals surface area contributed by atoms with Gasteiger partial charge in [0.1, 0.15) is 0 Å². The lowest BCUT2D eigenvalue weighted by Crippen LogP contribution is -2.41. The first-order chi connectivity index (χ1) is 6.83. The Morgan fingerprint density at radius 3 is 2.79 bits per heavy atom. The molecule has 74 valence electrons. The van der Waals surface area contributed by atoms with Crippen LogP contribution in [0.25, 0.3) is 0 Å². The van der Waals surface area contributed by atoms with Gasteiger partial charge in [-0.25, -0.2) is 0 Å². The van der Waals surface area contributed by atoms with Crippen LogP contribution in [0.2, 0.25) is 0 Å². The molecular weight excluding hydrogens is 178 g/mol. The van der Waals surface area contributed by atoms with Crippen molar-refractivity contribution in [3.63, 3.8) is 0 Å². The molecule has 3 rings (SSSR count). The number of nitrogens with zero attached hydrogens (tertiary/aromatic N) is 1. The summed E-state index contributed by atoms with van der Waals surface area (Å²) in [5.74, 6) is 2.45. The van der Waals surface area contributed by atoms with Crippen molar-refractivity contribution in [1.29, 1.82) is 0 Å². The van der Waals surface area contributed by atoms with E-state index in [0.717, 1.165) is 24.6 Å². The Kier molecular flexibility index (Phi) is 1.67. The normalized spacial score (nSPS) is 20.9. The van der Waals surface area contributed by atoms with E-state index in [4.69, 9.17) is 9.47 Å². The predicted molar refractivity (Wildman–Crippen MR) is 52.8 cm³/mol. The highest BCUT2D eigenvalue weighted by molar-refractivity contribution is 5.45. The first-order valence-corrected chi connectivity index (χ1v) is 4.91. The largest absolute Gasteiger partial charge is 0.454 e. The predicted octanol–water partition coefficient (Wildman–Crippen LogP) is 1.44. The number of likely N-dealkylation sites (tertiary alicyclic amines) is 1. The van der Waals surface area contributed by atoms with Crippen molar-refractivity contribution in [2.24, 2.45) is 0 Å². The zero-order chi connectivity index (χ0) is 9.54. The first kappa shape index (κ1) is 8.12.